The highest BCUT2D eigenvalue weighted by atomic mass is 32.1. The molecular weight excluding hydrogens is 252 g/mol. The van der Waals surface area contributed by atoms with Gasteiger partial charge in [-0.1, -0.05) is 38.5 Å². The average Bonchev–Trinajstić information content (AvgIpc) is 2.87. The van der Waals surface area contributed by atoms with Crippen LogP contribution in [0.2, 0.25) is 0 Å². The Bertz CT molecular complexity index is 392. The summed E-state index contributed by atoms with van der Waals surface area (Å²) in [5, 5.41) is 2.13. The number of unbranched alkanes of at least 4 members (excludes halogenated alkanes) is 2. The summed E-state index contributed by atoms with van der Waals surface area (Å²) < 4.78 is 0. The molecule has 0 spiro atoms. The normalized spacial score (nSPS) is 10.5. The Balaban J connectivity index is 2.53. The van der Waals surface area contributed by atoms with Crippen LogP contribution in [-0.4, -0.2) is 24.5 Å². The van der Waals surface area contributed by atoms with Gasteiger partial charge in [0, 0.05) is 22.4 Å². The van der Waals surface area contributed by atoms with Crippen LogP contribution in [0.15, 0.2) is 11.4 Å². The van der Waals surface area contributed by atoms with Crippen molar-refractivity contribution in [3.8, 4) is 11.8 Å². The van der Waals surface area contributed by atoms with E-state index in [-0.39, 0.29) is 0 Å². The number of hydrogen-bond acceptors (Lipinski definition) is 3. The topological polar surface area (TPSA) is 29.3 Å². The number of thiophene rings is 1. The minimum Gasteiger partial charge on any atom is -0.320 e. The van der Waals surface area contributed by atoms with E-state index in [9.17, 15) is 0 Å². The first-order chi connectivity index (χ1) is 9.30. The van der Waals surface area contributed by atoms with Crippen molar-refractivity contribution >= 4 is 11.3 Å². The third-order valence-electron chi connectivity index (χ3n) is 3.02. The van der Waals surface area contributed by atoms with Gasteiger partial charge in [0.2, 0.25) is 0 Å². The van der Waals surface area contributed by atoms with Crippen LogP contribution in [-0.2, 0) is 6.54 Å². The van der Waals surface area contributed by atoms with Gasteiger partial charge in [0.25, 0.3) is 0 Å². The Morgan fingerprint density at radius 1 is 1.21 bits per heavy atom. The Labute approximate surface area is 122 Å². The molecule has 0 saturated heterocycles. The maximum Gasteiger partial charge on any atom is 0.0555 e. The van der Waals surface area contributed by atoms with Crippen LogP contribution in [0.5, 0.6) is 0 Å². The molecule has 0 aromatic carbocycles. The second-order valence-electron chi connectivity index (χ2n) is 4.79. The van der Waals surface area contributed by atoms with Crippen molar-refractivity contribution < 1.29 is 0 Å². The number of nitrogens with two attached hydrogens (primary N) is 1. The zero-order chi connectivity index (χ0) is 13.9. The highest BCUT2D eigenvalue weighted by Gasteiger charge is 2.06. The maximum absolute atomic E-state index is 5.40. The van der Waals surface area contributed by atoms with Crippen molar-refractivity contribution in [1.82, 2.24) is 4.90 Å². The Morgan fingerprint density at radius 2 is 1.89 bits per heavy atom. The second-order valence-corrected chi connectivity index (χ2v) is 5.79. The first kappa shape index (κ1) is 16.2. The SMILES string of the molecule is CCCCN(CCCC)Cc1cc(C#CCN)cs1. The van der Waals surface area contributed by atoms with Gasteiger partial charge in [-0.05, 0) is 32.0 Å². The van der Waals surface area contributed by atoms with Crippen molar-refractivity contribution in [2.24, 2.45) is 5.73 Å². The molecule has 0 aliphatic heterocycles. The van der Waals surface area contributed by atoms with E-state index in [4.69, 9.17) is 5.73 Å². The Kier molecular flexibility index (Phi) is 8.57. The molecular formula is C16H26N2S. The lowest BCUT2D eigenvalue weighted by Gasteiger charge is -2.21. The third kappa shape index (κ3) is 6.77. The molecule has 0 aliphatic rings. The fourth-order valence-corrected chi connectivity index (χ4v) is 2.79. The second kappa shape index (κ2) is 10.0. The number of hydrogen-bond donors (Lipinski definition) is 1. The lowest BCUT2D eigenvalue weighted by atomic mass is 10.2. The van der Waals surface area contributed by atoms with E-state index in [0.717, 1.165) is 12.1 Å². The molecule has 3 heteroatoms. The Hall–Kier alpha value is -0.820. The van der Waals surface area contributed by atoms with Crippen molar-refractivity contribution in [1.29, 1.82) is 0 Å². The van der Waals surface area contributed by atoms with Crippen LogP contribution in [0.1, 0.15) is 50.0 Å². The predicted octanol–water partition coefficient (Wildman–Crippen LogP) is 3.46. The minimum atomic E-state index is 0.435. The summed E-state index contributed by atoms with van der Waals surface area (Å²) in [5.41, 5.74) is 6.50. The fraction of sp³-hybridized carbons (Fsp3) is 0.625. The zero-order valence-electron chi connectivity index (χ0n) is 12.2. The van der Waals surface area contributed by atoms with Gasteiger partial charge in [-0.25, -0.2) is 0 Å². The lowest BCUT2D eigenvalue weighted by Crippen LogP contribution is -2.25. The Morgan fingerprint density at radius 3 is 2.47 bits per heavy atom. The van der Waals surface area contributed by atoms with Crippen LogP contribution < -0.4 is 5.73 Å². The summed E-state index contributed by atoms with van der Waals surface area (Å²) in [4.78, 5) is 3.98. The van der Waals surface area contributed by atoms with Gasteiger partial charge in [-0.2, -0.15) is 0 Å². The quantitative estimate of drug-likeness (QED) is 0.738. The molecule has 0 saturated carbocycles. The molecule has 0 atom stereocenters. The van der Waals surface area contributed by atoms with Crippen molar-refractivity contribution in [3.63, 3.8) is 0 Å². The number of nitrogens with zero attached hydrogens (tertiary/aromatic N) is 1. The van der Waals surface area contributed by atoms with E-state index < -0.39 is 0 Å². The highest BCUT2D eigenvalue weighted by Crippen LogP contribution is 2.17. The zero-order valence-corrected chi connectivity index (χ0v) is 13.1. The molecule has 0 fully saturated rings. The van der Waals surface area contributed by atoms with E-state index in [1.807, 2.05) is 11.3 Å². The molecule has 1 heterocycles. The molecule has 1 aromatic heterocycles. The smallest absolute Gasteiger partial charge is 0.0555 e. The standard InChI is InChI=1S/C16H26N2S/c1-3-5-10-18(11-6-4-2)13-16-12-15(14-19-16)8-7-9-17/h12,14H,3-6,9-11,13,17H2,1-2H3. The summed E-state index contributed by atoms with van der Waals surface area (Å²) in [7, 11) is 0. The van der Waals surface area contributed by atoms with Gasteiger partial charge in [0.15, 0.2) is 0 Å². The van der Waals surface area contributed by atoms with E-state index in [1.54, 1.807) is 0 Å². The van der Waals surface area contributed by atoms with Crippen LogP contribution in [0.25, 0.3) is 0 Å². The van der Waals surface area contributed by atoms with E-state index in [0.29, 0.717) is 6.54 Å². The van der Waals surface area contributed by atoms with E-state index in [2.05, 4.69) is 42.0 Å². The van der Waals surface area contributed by atoms with Gasteiger partial charge in [-0.15, -0.1) is 11.3 Å². The molecule has 106 valence electrons. The highest BCUT2D eigenvalue weighted by molar-refractivity contribution is 7.10. The van der Waals surface area contributed by atoms with Gasteiger partial charge in [0.1, 0.15) is 0 Å². The fourth-order valence-electron chi connectivity index (χ4n) is 1.94. The average molecular weight is 278 g/mol. The first-order valence-corrected chi connectivity index (χ1v) is 8.16. The molecule has 0 bridgehead atoms. The summed E-state index contributed by atoms with van der Waals surface area (Å²) in [6, 6.07) is 2.21. The lowest BCUT2D eigenvalue weighted by molar-refractivity contribution is 0.259. The van der Waals surface area contributed by atoms with Crippen LogP contribution in [0, 0.1) is 11.8 Å². The summed E-state index contributed by atoms with van der Waals surface area (Å²) in [6.45, 7) is 8.42. The number of rotatable bonds is 8. The minimum absolute atomic E-state index is 0.435. The van der Waals surface area contributed by atoms with Crippen LogP contribution in [0.3, 0.4) is 0 Å². The van der Waals surface area contributed by atoms with Crippen molar-refractivity contribution in [3.05, 3.63) is 21.9 Å². The molecule has 2 N–H and O–H groups in total. The largest absolute Gasteiger partial charge is 0.320 e. The van der Waals surface area contributed by atoms with Crippen molar-refractivity contribution in [2.45, 2.75) is 46.1 Å². The van der Waals surface area contributed by atoms with E-state index in [1.165, 1.54) is 43.6 Å². The maximum atomic E-state index is 5.40. The van der Waals surface area contributed by atoms with Crippen LogP contribution in [0.4, 0.5) is 0 Å². The van der Waals surface area contributed by atoms with Gasteiger partial charge in [-0.3, -0.25) is 4.90 Å². The van der Waals surface area contributed by atoms with Gasteiger partial charge < -0.3 is 5.73 Å². The molecule has 19 heavy (non-hydrogen) atoms. The molecule has 0 unspecified atom stereocenters. The molecule has 0 radical (unpaired) electrons. The summed E-state index contributed by atoms with van der Waals surface area (Å²) >= 11 is 1.81. The monoisotopic (exact) mass is 278 g/mol. The van der Waals surface area contributed by atoms with Crippen molar-refractivity contribution in [2.75, 3.05) is 19.6 Å². The van der Waals surface area contributed by atoms with Gasteiger partial charge >= 0.3 is 0 Å². The summed E-state index contributed by atoms with van der Waals surface area (Å²) in [6.07, 6.45) is 5.10. The van der Waals surface area contributed by atoms with Crippen LogP contribution >= 0.6 is 11.3 Å². The first-order valence-electron chi connectivity index (χ1n) is 7.28. The molecule has 1 aromatic rings. The third-order valence-corrected chi connectivity index (χ3v) is 3.95. The summed E-state index contributed by atoms with van der Waals surface area (Å²) in [5.74, 6) is 6.01. The molecule has 0 amide bonds. The molecule has 0 aliphatic carbocycles. The predicted molar refractivity (Wildman–Crippen MR) is 85.3 cm³/mol. The van der Waals surface area contributed by atoms with E-state index >= 15 is 0 Å². The molecule has 2 nitrogen and oxygen atoms in total. The van der Waals surface area contributed by atoms with Gasteiger partial charge in [0.05, 0.1) is 6.54 Å². The molecule has 1 rings (SSSR count).